The van der Waals surface area contributed by atoms with Crippen LogP contribution in [0.4, 0.5) is 5.69 Å². The molecule has 26 heavy (non-hydrogen) atoms. The van der Waals surface area contributed by atoms with Gasteiger partial charge in [-0.05, 0) is 30.3 Å². The maximum Gasteiger partial charge on any atom is 0.336 e. The molecule has 0 saturated heterocycles. The molecule has 7 heteroatoms. The summed E-state index contributed by atoms with van der Waals surface area (Å²) in [5.41, 5.74) is 0.266. The van der Waals surface area contributed by atoms with Gasteiger partial charge in [0.05, 0.1) is 11.3 Å². The molecule has 2 heterocycles. The summed E-state index contributed by atoms with van der Waals surface area (Å²) >= 11 is 0. The minimum absolute atomic E-state index is 0.193. The minimum atomic E-state index is -0.899. The fourth-order valence-electron chi connectivity index (χ4n) is 2.77. The highest BCUT2D eigenvalue weighted by atomic mass is 16.5. The molecule has 0 atom stereocenters. The first kappa shape index (κ1) is 15.8. The molecule has 0 unspecified atom stereocenters. The van der Waals surface area contributed by atoms with Gasteiger partial charge in [0.2, 0.25) is 0 Å². The Bertz CT molecular complexity index is 1130. The van der Waals surface area contributed by atoms with E-state index in [0.717, 1.165) is 4.90 Å². The molecule has 2 amide bonds. The summed E-state index contributed by atoms with van der Waals surface area (Å²) in [4.78, 5) is 48.5. The first-order valence-electron chi connectivity index (χ1n) is 7.72. The molecule has 0 spiro atoms. The Labute approximate surface area is 146 Å². The summed E-state index contributed by atoms with van der Waals surface area (Å²) in [7, 11) is 0. The topological polar surface area (TPSA) is 93.9 Å². The molecule has 128 valence electrons. The van der Waals surface area contributed by atoms with E-state index >= 15 is 0 Å². The first-order valence-corrected chi connectivity index (χ1v) is 7.72. The van der Waals surface area contributed by atoms with E-state index in [0.29, 0.717) is 16.7 Å². The van der Waals surface area contributed by atoms with Crippen LogP contribution in [-0.4, -0.2) is 24.2 Å². The zero-order valence-corrected chi connectivity index (χ0v) is 13.3. The van der Waals surface area contributed by atoms with E-state index in [9.17, 15) is 19.2 Å². The Hall–Kier alpha value is -3.74. The molecular weight excluding hydrogens is 338 g/mol. The van der Waals surface area contributed by atoms with Crippen LogP contribution in [0.3, 0.4) is 0 Å². The highest BCUT2D eigenvalue weighted by Gasteiger charge is 2.39. The number of carbonyl (C=O) groups is 3. The van der Waals surface area contributed by atoms with Crippen LogP contribution < -0.4 is 15.3 Å². The van der Waals surface area contributed by atoms with Crippen molar-refractivity contribution in [2.75, 3.05) is 11.5 Å². The molecule has 0 radical (unpaired) electrons. The van der Waals surface area contributed by atoms with Crippen LogP contribution in [0.2, 0.25) is 0 Å². The van der Waals surface area contributed by atoms with Crippen LogP contribution in [0.5, 0.6) is 5.75 Å². The second-order valence-corrected chi connectivity index (χ2v) is 5.62. The van der Waals surface area contributed by atoms with Crippen molar-refractivity contribution in [1.29, 1.82) is 0 Å². The predicted molar refractivity (Wildman–Crippen MR) is 91.2 cm³/mol. The van der Waals surface area contributed by atoms with Gasteiger partial charge < -0.3 is 9.15 Å². The summed E-state index contributed by atoms with van der Waals surface area (Å²) in [6.45, 7) is -0.448. The van der Waals surface area contributed by atoms with Gasteiger partial charge in [0.15, 0.2) is 6.61 Å². The second kappa shape index (κ2) is 5.96. The van der Waals surface area contributed by atoms with Crippen LogP contribution in [0, 0.1) is 0 Å². The monoisotopic (exact) mass is 349 g/mol. The number of nitrogens with zero attached hydrogens (tertiary/aromatic N) is 1. The maximum atomic E-state index is 12.4. The lowest BCUT2D eigenvalue weighted by Gasteiger charge is -2.15. The fraction of sp³-hybridized carbons (Fsp3) is 0.0526. The molecule has 0 bridgehead atoms. The Balaban J connectivity index is 1.55. The zero-order chi connectivity index (χ0) is 18.3. The second-order valence-electron chi connectivity index (χ2n) is 5.62. The Kier molecular flexibility index (Phi) is 3.62. The number of hydrogen-bond donors (Lipinski definition) is 0. The normalized spacial score (nSPS) is 13.2. The number of para-hydroxylation sites is 1. The highest BCUT2D eigenvalue weighted by Crippen LogP contribution is 2.28. The lowest BCUT2D eigenvalue weighted by molar-refractivity contribution is -0.125. The van der Waals surface area contributed by atoms with Crippen molar-refractivity contribution < 1.29 is 23.5 Å². The van der Waals surface area contributed by atoms with E-state index in [4.69, 9.17) is 9.15 Å². The third kappa shape index (κ3) is 2.55. The smallest absolute Gasteiger partial charge is 0.336 e. The predicted octanol–water partition coefficient (Wildman–Crippen LogP) is 1.93. The molecule has 0 N–H and O–H groups in total. The summed E-state index contributed by atoms with van der Waals surface area (Å²) in [6, 6.07) is 14.0. The van der Waals surface area contributed by atoms with Crippen molar-refractivity contribution in [3.63, 3.8) is 0 Å². The van der Waals surface area contributed by atoms with Crippen LogP contribution in [-0.2, 0) is 9.59 Å². The fourth-order valence-corrected chi connectivity index (χ4v) is 2.77. The average molecular weight is 349 g/mol. The number of benzene rings is 2. The number of imide groups is 1. The number of carbonyl (C=O) groups excluding carboxylic acids is 3. The number of anilines is 1. The van der Waals surface area contributed by atoms with Crippen molar-refractivity contribution >= 4 is 34.3 Å². The molecule has 1 aliphatic rings. The van der Waals surface area contributed by atoms with Crippen molar-refractivity contribution in [1.82, 2.24) is 0 Å². The van der Waals surface area contributed by atoms with E-state index in [1.807, 2.05) is 0 Å². The third-order valence-corrected chi connectivity index (χ3v) is 3.99. The quantitative estimate of drug-likeness (QED) is 0.530. The van der Waals surface area contributed by atoms with E-state index in [1.165, 1.54) is 24.3 Å². The van der Waals surface area contributed by atoms with E-state index in [-0.39, 0.29) is 11.3 Å². The van der Waals surface area contributed by atoms with Gasteiger partial charge in [0, 0.05) is 17.5 Å². The standard InChI is InChI=1S/C19H11NO6/c21-16(20-14-4-2-1-3-13(14)18(23)19(20)24)10-25-12-7-5-11-6-8-17(22)26-15(11)9-12/h1-9H,10H2. The SMILES string of the molecule is O=C1C(=O)N(C(=O)COc2ccc3ccc(=O)oc3c2)c2ccccc21. The summed E-state index contributed by atoms with van der Waals surface area (Å²) in [5, 5.41) is 0.706. The number of ketones is 1. The molecule has 4 rings (SSSR count). The molecule has 1 aromatic heterocycles. The number of rotatable bonds is 3. The van der Waals surface area contributed by atoms with E-state index < -0.39 is 29.8 Å². The Morgan fingerprint density at radius 3 is 2.62 bits per heavy atom. The van der Waals surface area contributed by atoms with Crippen molar-refractivity contribution in [2.45, 2.75) is 0 Å². The zero-order valence-electron chi connectivity index (χ0n) is 13.3. The van der Waals surface area contributed by atoms with Crippen LogP contribution >= 0.6 is 0 Å². The number of Topliss-reactive ketones (excluding diaryl/α,β-unsaturated/α-hetero) is 1. The molecule has 0 saturated carbocycles. The molecule has 2 aromatic carbocycles. The van der Waals surface area contributed by atoms with Gasteiger partial charge >= 0.3 is 11.5 Å². The van der Waals surface area contributed by atoms with Gasteiger partial charge in [-0.1, -0.05) is 12.1 Å². The molecule has 0 fully saturated rings. The van der Waals surface area contributed by atoms with Crippen LogP contribution in [0.15, 0.2) is 63.8 Å². The van der Waals surface area contributed by atoms with Gasteiger partial charge in [-0.15, -0.1) is 0 Å². The Morgan fingerprint density at radius 2 is 1.77 bits per heavy atom. The van der Waals surface area contributed by atoms with Gasteiger partial charge in [-0.2, -0.15) is 0 Å². The third-order valence-electron chi connectivity index (χ3n) is 3.99. The number of amides is 2. The van der Waals surface area contributed by atoms with Gasteiger partial charge in [-0.25, -0.2) is 9.69 Å². The molecular formula is C19H11NO6. The maximum absolute atomic E-state index is 12.4. The Morgan fingerprint density at radius 1 is 1.00 bits per heavy atom. The van der Waals surface area contributed by atoms with E-state index in [1.54, 1.807) is 30.3 Å². The van der Waals surface area contributed by atoms with Crippen molar-refractivity contribution in [3.05, 3.63) is 70.6 Å². The molecule has 7 nitrogen and oxygen atoms in total. The van der Waals surface area contributed by atoms with Crippen molar-refractivity contribution in [3.8, 4) is 5.75 Å². The van der Waals surface area contributed by atoms with Crippen LogP contribution in [0.1, 0.15) is 10.4 Å². The van der Waals surface area contributed by atoms with E-state index in [2.05, 4.69) is 0 Å². The minimum Gasteiger partial charge on any atom is -0.484 e. The van der Waals surface area contributed by atoms with Gasteiger partial charge in [0.25, 0.3) is 11.7 Å². The summed E-state index contributed by atoms with van der Waals surface area (Å²) < 4.78 is 10.5. The van der Waals surface area contributed by atoms with Crippen LogP contribution in [0.25, 0.3) is 11.0 Å². The largest absolute Gasteiger partial charge is 0.484 e. The molecule has 3 aromatic rings. The summed E-state index contributed by atoms with van der Waals surface area (Å²) in [6.07, 6.45) is 0. The number of fused-ring (bicyclic) bond motifs is 2. The highest BCUT2D eigenvalue weighted by molar-refractivity contribution is 6.56. The summed E-state index contributed by atoms with van der Waals surface area (Å²) in [5.74, 6) is -1.99. The van der Waals surface area contributed by atoms with Gasteiger partial charge in [0.1, 0.15) is 11.3 Å². The average Bonchev–Trinajstić information content (AvgIpc) is 2.90. The van der Waals surface area contributed by atoms with Crippen molar-refractivity contribution in [2.24, 2.45) is 0 Å². The molecule has 1 aliphatic heterocycles. The molecule has 0 aliphatic carbocycles. The number of ether oxygens (including phenoxy) is 1. The van der Waals surface area contributed by atoms with Gasteiger partial charge in [-0.3, -0.25) is 14.4 Å². The number of hydrogen-bond acceptors (Lipinski definition) is 6. The lowest BCUT2D eigenvalue weighted by Crippen LogP contribution is -2.39. The first-order chi connectivity index (χ1) is 12.5. The lowest BCUT2D eigenvalue weighted by atomic mass is 10.1.